The minimum atomic E-state index is -1.37. The summed E-state index contributed by atoms with van der Waals surface area (Å²) >= 11 is 3.80. The maximum atomic E-state index is 12.0. The summed E-state index contributed by atoms with van der Waals surface area (Å²) in [6.45, 7) is 4.14. The summed E-state index contributed by atoms with van der Waals surface area (Å²) in [6.07, 6.45) is 0. The van der Waals surface area contributed by atoms with Crippen molar-refractivity contribution in [1.29, 1.82) is 0 Å². The van der Waals surface area contributed by atoms with Crippen LogP contribution in [0.5, 0.6) is 0 Å². The van der Waals surface area contributed by atoms with Gasteiger partial charge in [-0.15, -0.1) is 0 Å². The van der Waals surface area contributed by atoms with Crippen LogP contribution in [0.15, 0.2) is 0 Å². The Morgan fingerprint density at radius 1 is 0.960 bits per heavy atom. The van der Waals surface area contributed by atoms with Crippen molar-refractivity contribution in [2.24, 2.45) is 11.7 Å². The van der Waals surface area contributed by atoms with Gasteiger partial charge in [-0.2, -0.15) is 12.6 Å². The molecule has 25 heavy (non-hydrogen) atoms. The second kappa shape index (κ2) is 10.9. The van der Waals surface area contributed by atoms with Crippen molar-refractivity contribution in [3.63, 3.8) is 0 Å². The van der Waals surface area contributed by atoms with E-state index >= 15 is 0 Å². The van der Waals surface area contributed by atoms with Gasteiger partial charge in [0.2, 0.25) is 17.7 Å². The van der Waals surface area contributed by atoms with E-state index < -0.39 is 54.5 Å². The van der Waals surface area contributed by atoms with Crippen LogP contribution in [0.1, 0.15) is 20.8 Å². The molecule has 4 atom stereocenters. The van der Waals surface area contributed by atoms with E-state index in [4.69, 9.17) is 10.8 Å². The van der Waals surface area contributed by atoms with Crippen molar-refractivity contribution in [3.8, 4) is 0 Å². The van der Waals surface area contributed by atoms with E-state index in [0.717, 1.165) is 0 Å². The van der Waals surface area contributed by atoms with E-state index in [2.05, 4.69) is 28.6 Å². The summed E-state index contributed by atoms with van der Waals surface area (Å²) in [5.41, 5.74) is 5.67. The van der Waals surface area contributed by atoms with Crippen molar-refractivity contribution in [3.05, 3.63) is 0 Å². The topological polar surface area (TPSA) is 171 Å². The number of nitrogens with two attached hydrogens (primary N) is 1. The zero-order chi connectivity index (χ0) is 19.7. The summed E-state index contributed by atoms with van der Waals surface area (Å²) in [6, 6.07) is -4.42. The second-order valence-electron chi connectivity index (χ2n) is 5.83. The number of carbonyl (C=O) groups is 4. The molecule has 0 rings (SSSR count). The van der Waals surface area contributed by atoms with Gasteiger partial charge in [0.15, 0.2) is 0 Å². The molecule has 0 aromatic carbocycles. The van der Waals surface area contributed by atoms with Gasteiger partial charge in [-0.1, -0.05) is 13.8 Å². The molecular weight excluding hydrogens is 352 g/mol. The lowest BCUT2D eigenvalue weighted by molar-refractivity contribution is -0.141. The van der Waals surface area contributed by atoms with Crippen LogP contribution in [0, 0.1) is 5.92 Å². The van der Waals surface area contributed by atoms with Gasteiger partial charge >= 0.3 is 5.97 Å². The van der Waals surface area contributed by atoms with Crippen LogP contribution in [0.2, 0.25) is 0 Å². The van der Waals surface area contributed by atoms with Crippen molar-refractivity contribution >= 4 is 36.3 Å². The molecule has 7 N–H and O–H groups in total. The van der Waals surface area contributed by atoms with Gasteiger partial charge in [0.1, 0.15) is 18.1 Å². The van der Waals surface area contributed by atoms with Crippen LogP contribution in [-0.2, 0) is 19.2 Å². The molecule has 0 radical (unpaired) electrons. The molecule has 0 heterocycles. The maximum Gasteiger partial charge on any atom is 0.327 e. The molecule has 0 aliphatic rings. The number of hydrogen-bond acceptors (Lipinski definition) is 7. The lowest BCUT2D eigenvalue weighted by Gasteiger charge is -2.22. The predicted octanol–water partition coefficient (Wildman–Crippen LogP) is -2.55. The fraction of sp³-hybridized carbons (Fsp3) is 0.714. The number of carbonyl (C=O) groups excluding carboxylic acids is 3. The zero-order valence-corrected chi connectivity index (χ0v) is 15.2. The Morgan fingerprint density at radius 3 is 1.88 bits per heavy atom. The first-order valence-corrected chi connectivity index (χ1v) is 8.29. The minimum Gasteiger partial charge on any atom is -0.480 e. The zero-order valence-electron chi connectivity index (χ0n) is 14.4. The van der Waals surface area contributed by atoms with Gasteiger partial charge in [-0.3, -0.25) is 14.4 Å². The van der Waals surface area contributed by atoms with Crippen molar-refractivity contribution in [2.75, 3.05) is 12.4 Å². The Bertz CT molecular complexity index is 502. The molecule has 0 saturated heterocycles. The standard InChI is InChI=1S/C14H26N4O6S/c1-6(2)10(15)13(22)16-7(3)11(20)17-8(4-19)12(21)18-9(5-25)14(23)24/h6-10,19,25H,4-5,15H2,1-3H3,(H,16,22)(H,17,20)(H,18,21)(H,23,24). The van der Waals surface area contributed by atoms with Crippen LogP contribution < -0.4 is 21.7 Å². The van der Waals surface area contributed by atoms with Crippen LogP contribution >= 0.6 is 12.6 Å². The number of rotatable bonds is 10. The highest BCUT2D eigenvalue weighted by molar-refractivity contribution is 7.80. The molecule has 144 valence electrons. The number of amides is 3. The predicted molar refractivity (Wildman–Crippen MR) is 92.9 cm³/mol. The number of thiol groups is 1. The fourth-order valence-electron chi connectivity index (χ4n) is 1.63. The normalized spacial score (nSPS) is 15.6. The van der Waals surface area contributed by atoms with Crippen LogP contribution in [0.3, 0.4) is 0 Å². The van der Waals surface area contributed by atoms with Crippen molar-refractivity contribution < 1.29 is 29.4 Å². The summed E-state index contributed by atoms with van der Waals surface area (Å²) in [5, 5.41) is 24.9. The number of carboxylic acids is 1. The lowest BCUT2D eigenvalue weighted by atomic mass is 10.0. The molecule has 0 aliphatic heterocycles. The van der Waals surface area contributed by atoms with E-state index in [1.54, 1.807) is 13.8 Å². The van der Waals surface area contributed by atoms with Crippen molar-refractivity contribution in [2.45, 2.75) is 44.9 Å². The first-order chi connectivity index (χ1) is 11.5. The van der Waals surface area contributed by atoms with Crippen LogP contribution in [-0.4, -0.2) is 70.4 Å². The quantitative estimate of drug-likeness (QED) is 0.205. The highest BCUT2D eigenvalue weighted by Gasteiger charge is 2.28. The van der Waals surface area contributed by atoms with Crippen molar-refractivity contribution in [1.82, 2.24) is 16.0 Å². The molecule has 0 aromatic rings. The van der Waals surface area contributed by atoms with Gasteiger partial charge in [0.05, 0.1) is 12.6 Å². The van der Waals surface area contributed by atoms with E-state index in [0.29, 0.717) is 0 Å². The van der Waals surface area contributed by atoms with Gasteiger partial charge in [-0.25, -0.2) is 4.79 Å². The molecule has 0 aliphatic carbocycles. The first-order valence-electron chi connectivity index (χ1n) is 7.66. The Morgan fingerprint density at radius 2 is 1.48 bits per heavy atom. The summed E-state index contributed by atoms with van der Waals surface area (Å²) < 4.78 is 0. The third kappa shape index (κ3) is 7.71. The highest BCUT2D eigenvalue weighted by Crippen LogP contribution is 1.99. The van der Waals surface area contributed by atoms with Gasteiger partial charge in [-0.05, 0) is 12.8 Å². The molecule has 4 unspecified atom stereocenters. The Hall–Kier alpha value is -1.85. The third-order valence-corrected chi connectivity index (χ3v) is 3.75. The Labute approximate surface area is 151 Å². The largest absolute Gasteiger partial charge is 0.480 e. The smallest absolute Gasteiger partial charge is 0.327 e. The average molecular weight is 378 g/mol. The number of aliphatic hydroxyl groups is 1. The number of hydrogen-bond donors (Lipinski definition) is 7. The monoisotopic (exact) mass is 378 g/mol. The Balaban J connectivity index is 4.74. The summed E-state index contributed by atoms with van der Waals surface area (Å²) in [5.74, 6) is -3.71. The molecule has 0 aromatic heterocycles. The number of aliphatic hydroxyl groups excluding tert-OH is 1. The third-order valence-electron chi connectivity index (χ3n) is 3.39. The van der Waals surface area contributed by atoms with Crippen LogP contribution in [0.25, 0.3) is 0 Å². The molecule has 3 amide bonds. The second-order valence-corrected chi connectivity index (χ2v) is 6.19. The molecule has 0 spiro atoms. The summed E-state index contributed by atoms with van der Waals surface area (Å²) in [4.78, 5) is 46.7. The highest BCUT2D eigenvalue weighted by atomic mass is 32.1. The van der Waals surface area contributed by atoms with Gasteiger partial charge < -0.3 is 31.9 Å². The maximum absolute atomic E-state index is 12.0. The van der Waals surface area contributed by atoms with E-state index in [-0.39, 0.29) is 11.7 Å². The minimum absolute atomic E-state index is 0.125. The van der Waals surface area contributed by atoms with Gasteiger partial charge in [0.25, 0.3) is 0 Å². The average Bonchev–Trinajstić information content (AvgIpc) is 2.55. The SMILES string of the molecule is CC(NC(=O)C(N)C(C)C)C(=O)NC(CO)C(=O)NC(CS)C(=O)O. The van der Waals surface area contributed by atoms with E-state index in [1.165, 1.54) is 6.92 Å². The van der Waals surface area contributed by atoms with E-state index in [1.807, 2.05) is 0 Å². The first kappa shape index (κ1) is 23.1. The molecule has 0 saturated carbocycles. The molecule has 10 nitrogen and oxygen atoms in total. The number of nitrogens with one attached hydrogen (secondary N) is 3. The lowest BCUT2D eigenvalue weighted by Crippen LogP contribution is -2.58. The summed E-state index contributed by atoms with van der Waals surface area (Å²) in [7, 11) is 0. The molecule has 11 heteroatoms. The van der Waals surface area contributed by atoms with E-state index in [9.17, 15) is 24.3 Å². The number of aliphatic carboxylic acids is 1. The number of carboxylic acid groups (broad SMARTS) is 1. The molecule has 0 fully saturated rings. The molecular formula is C14H26N4O6S. The van der Waals surface area contributed by atoms with Gasteiger partial charge in [0, 0.05) is 5.75 Å². The van der Waals surface area contributed by atoms with Crippen LogP contribution in [0.4, 0.5) is 0 Å². The molecule has 0 bridgehead atoms. The Kier molecular flexibility index (Phi) is 10.1. The fourth-order valence-corrected chi connectivity index (χ4v) is 1.87.